The number of esters is 4. The molecule has 0 radical (unpaired) electrons. The summed E-state index contributed by atoms with van der Waals surface area (Å²) in [6.07, 6.45) is 105. The van der Waals surface area contributed by atoms with Crippen LogP contribution >= 0.6 is 0 Å². The molecule has 0 heterocycles. The first-order chi connectivity index (χ1) is 61.6. The van der Waals surface area contributed by atoms with Crippen molar-refractivity contribution in [1.29, 1.82) is 0 Å². The number of nitrogens with zero attached hydrogens (tertiary/aromatic N) is 2. The van der Waals surface area contributed by atoms with Gasteiger partial charge in [0.05, 0.1) is 13.2 Å². The van der Waals surface area contributed by atoms with Crippen LogP contribution in [0.25, 0.3) is 0 Å². The lowest BCUT2D eigenvalue weighted by Crippen LogP contribution is -2.20. The minimum absolute atomic E-state index is 0.0277. The summed E-state index contributed by atoms with van der Waals surface area (Å²) in [4.78, 5) is 54.2. The van der Waals surface area contributed by atoms with Crippen molar-refractivity contribution in [1.82, 2.24) is 9.80 Å². The molecule has 0 N–H and O–H groups in total. The van der Waals surface area contributed by atoms with Crippen LogP contribution in [0.2, 0.25) is 0 Å². The van der Waals surface area contributed by atoms with Gasteiger partial charge in [-0.3, -0.25) is 19.2 Å². The Labute approximate surface area is 783 Å². The molecule has 4 atom stereocenters. The first-order valence-corrected chi connectivity index (χ1v) is 54.8. The average molecular weight is 1780 g/mol. The van der Waals surface area contributed by atoms with E-state index < -0.39 is 0 Å². The lowest BCUT2D eigenvalue weighted by atomic mass is 10.0. The molecule has 0 bridgehead atoms. The van der Waals surface area contributed by atoms with E-state index in [0.29, 0.717) is 38.9 Å². The Morgan fingerprint density at radius 2 is 0.452 bits per heavy atom. The molecule has 0 saturated heterocycles. The second-order valence-corrected chi connectivity index (χ2v) is 38.0. The van der Waals surface area contributed by atoms with E-state index in [2.05, 4.69) is 102 Å². The first kappa shape index (κ1) is 125. The monoisotopic (exact) mass is 1780 g/mol. The Hall–Kier alpha value is -3.40. The number of ether oxygens (including phenoxy) is 8. The van der Waals surface area contributed by atoms with Gasteiger partial charge in [0.2, 0.25) is 0 Å². The second kappa shape index (κ2) is 104. The Balaban J connectivity index is 0. The minimum atomic E-state index is -0.138. The fraction of sp³-hybridized carbons (Fsp3) is 0.893. The summed E-state index contributed by atoms with van der Waals surface area (Å²) < 4.78 is 48.2. The number of unbranched alkanes of at least 4 members (excludes halogenated alkanes) is 54. The normalized spacial score (nSPS) is 13.0. The van der Waals surface area contributed by atoms with Crippen molar-refractivity contribution in [2.75, 3.05) is 67.7 Å². The zero-order valence-corrected chi connectivity index (χ0v) is 85.9. The molecule has 0 aromatic heterocycles. The predicted octanol–water partition coefficient (Wildman–Crippen LogP) is 33.5. The largest absolute Gasteiger partial charge is 0.462 e. The van der Waals surface area contributed by atoms with Crippen molar-refractivity contribution in [2.45, 2.75) is 580 Å². The molecular formula is C112H214N2O12. The minimum Gasteiger partial charge on any atom is -0.462 e. The fourth-order valence-corrected chi connectivity index (χ4v) is 16.2. The molecule has 0 aliphatic heterocycles. The summed E-state index contributed by atoms with van der Waals surface area (Å²) in [6.45, 7) is 22.2. The van der Waals surface area contributed by atoms with Gasteiger partial charge in [-0.15, -0.1) is 0 Å². The van der Waals surface area contributed by atoms with E-state index in [1.54, 1.807) is 0 Å². The molecule has 0 aliphatic carbocycles. The quantitative estimate of drug-likeness (QED) is 0.0187. The summed E-state index contributed by atoms with van der Waals surface area (Å²) in [6, 6.07) is 0. The van der Waals surface area contributed by atoms with Crippen molar-refractivity contribution in [2.24, 2.45) is 0 Å². The number of hydrogen-bond acceptors (Lipinski definition) is 14. The number of hydrogen-bond donors (Lipinski definition) is 0. The van der Waals surface area contributed by atoms with Crippen LogP contribution in [0.4, 0.5) is 0 Å². The van der Waals surface area contributed by atoms with Crippen molar-refractivity contribution in [3.63, 3.8) is 0 Å². The maximum absolute atomic E-state index is 12.7. The highest BCUT2D eigenvalue weighted by Crippen LogP contribution is 2.24. The molecule has 126 heavy (non-hydrogen) atoms. The van der Waals surface area contributed by atoms with Crippen LogP contribution < -0.4 is 0 Å². The summed E-state index contributed by atoms with van der Waals surface area (Å²) in [5.41, 5.74) is 0. The maximum Gasteiger partial charge on any atom is 0.306 e. The molecule has 14 heteroatoms. The van der Waals surface area contributed by atoms with Crippen LogP contribution in [-0.2, 0) is 57.1 Å². The van der Waals surface area contributed by atoms with Crippen molar-refractivity contribution < 1.29 is 57.1 Å². The molecular weight excluding hydrogens is 1570 g/mol. The molecule has 0 aromatic carbocycles. The molecule has 0 spiro atoms. The fourth-order valence-electron chi connectivity index (χ4n) is 16.2. The number of allylic oxidation sites excluding steroid dienone is 4. The van der Waals surface area contributed by atoms with E-state index in [0.717, 1.165) is 187 Å². The van der Waals surface area contributed by atoms with Gasteiger partial charge in [-0.1, -0.05) is 373 Å². The van der Waals surface area contributed by atoms with Gasteiger partial charge in [0.1, 0.15) is 24.4 Å². The Kier molecular flexibility index (Phi) is 103. The van der Waals surface area contributed by atoms with E-state index in [9.17, 15) is 19.2 Å². The predicted molar refractivity (Wildman–Crippen MR) is 541 cm³/mol. The molecule has 0 aromatic rings. The van der Waals surface area contributed by atoms with Gasteiger partial charge in [0.25, 0.3) is 0 Å². The third-order valence-electron chi connectivity index (χ3n) is 24.4. The molecule has 0 aliphatic rings. The first-order valence-electron chi connectivity index (χ1n) is 54.8. The van der Waals surface area contributed by atoms with Crippen molar-refractivity contribution in [3.8, 4) is 0 Å². The zero-order valence-electron chi connectivity index (χ0n) is 85.9. The van der Waals surface area contributed by atoms with Gasteiger partial charge in [-0.2, -0.15) is 0 Å². The summed E-state index contributed by atoms with van der Waals surface area (Å²) >= 11 is 0. The summed E-state index contributed by atoms with van der Waals surface area (Å²) in [5.74, 6) is -0.217. The van der Waals surface area contributed by atoms with Crippen molar-refractivity contribution in [3.05, 3.63) is 48.6 Å². The lowest BCUT2D eigenvalue weighted by molar-refractivity contribution is -0.151. The Bertz CT molecular complexity index is 2300. The standard InChI is InChI=1S/C57H111NO6.C55H103NO6/c1-7-10-13-16-19-27-34-41-51-61-57(62-52-42-35-28-20-17-14-11-8-2)49-40-33-26-22-24-31-38-46-54(64-56(60)48-43-50-58(5)6)45-37-30-23-21-25-32-39-47-55(59)63-53(4)44-36-29-18-15-12-9-3;1-7-10-13-16-25-32-39-49-59-55(60-50-40-33-26-17-14-11-8-2)47-38-31-24-20-22-29-36-44-52(62-54(58)46-41-48-56(5)6)43-35-28-21-19-23-30-37-45-53(57)61-51(4)42-34-27-18-15-12-9-3/h36,44,53-54,57H,7-35,37-43,45-52H2,1-6H3;32-34,39-40,42,51-52,55H,7-31,35-38,41,43-50H2,1-6H3/b44-36-;39-32-,40-33-,42-34-. The molecule has 0 fully saturated rings. The van der Waals surface area contributed by atoms with E-state index in [1.165, 1.54) is 302 Å². The van der Waals surface area contributed by atoms with E-state index in [4.69, 9.17) is 37.9 Å². The third-order valence-corrected chi connectivity index (χ3v) is 24.4. The Morgan fingerprint density at radius 3 is 0.738 bits per heavy atom. The second-order valence-electron chi connectivity index (χ2n) is 38.0. The highest BCUT2D eigenvalue weighted by atomic mass is 16.7. The number of carbonyl (C=O) groups excluding carboxylic acids is 4. The Morgan fingerprint density at radius 1 is 0.230 bits per heavy atom. The highest BCUT2D eigenvalue weighted by Gasteiger charge is 2.19. The number of rotatable bonds is 100. The van der Waals surface area contributed by atoms with Gasteiger partial charge < -0.3 is 47.7 Å². The maximum atomic E-state index is 12.7. The van der Waals surface area contributed by atoms with Gasteiger partial charge >= 0.3 is 23.9 Å². The average Bonchev–Trinajstić information content (AvgIpc) is 0.970. The van der Waals surface area contributed by atoms with Crippen LogP contribution in [0.3, 0.4) is 0 Å². The van der Waals surface area contributed by atoms with Gasteiger partial charge in [-0.05, 0) is 234 Å². The van der Waals surface area contributed by atoms with E-state index in [-0.39, 0.29) is 60.9 Å². The molecule has 744 valence electrons. The zero-order chi connectivity index (χ0) is 92.2. The van der Waals surface area contributed by atoms with Crippen LogP contribution in [-0.4, -0.2) is 138 Å². The van der Waals surface area contributed by atoms with Gasteiger partial charge in [0, 0.05) is 38.9 Å². The molecule has 0 rings (SSSR count). The SMILES string of the molecule is CCCCCC/C=C\C(C)OC(=O)CCCCCCCCCC(CCCCCCCCCC(OCCCCCCCCCC)OCCCCCCCCCC)OC(=O)CCCN(C)C.CCCCCC/C=C\COC(CCCCCCCCCC(CCCCCCCCCC(=O)OC(C)/C=C\CCCCCC)OC(=O)CCCN(C)C)OC/C=C\CCCCCC. The molecule has 0 saturated carbocycles. The molecule has 14 nitrogen and oxygen atoms in total. The topological polar surface area (TPSA) is 149 Å². The van der Waals surface area contributed by atoms with E-state index in [1.807, 2.05) is 40.1 Å². The molecule has 4 unspecified atom stereocenters. The smallest absolute Gasteiger partial charge is 0.306 e. The lowest BCUT2D eigenvalue weighted by Gasteiger charge is -2.19. The van der Waals surface area contributed by atoms with Crippen LogP contribution in [0.1, 0.15) is 543 Å². The highest BCUT2D eigenvalue weighted by molar-refractivity contribution is 5.70. The van der Waals surface area contributed by atoms with Crippen molar-refractivity contribution >= 4 is 23.9 Å². The van der Waals surface area contributed by atoms with Crippen LogP contribution in [0.15, 0.2) is 48.6 Å². The van der Waals surface area contributed by atoms with Crippen LogP contribution in [0, 0.1) is 0 Å². The van der Waals surface area contributed by atoms with Crippen LogP contribution in [0.5, 0.6) is 0 Å². The van der Waals surface area contributed by atoms with E-state index >= 15 is 0 Å². The number of carbonyl (C=O) groups is 4. The van der Waals surface area contributed by atoms with Gasteiger partial charge in [-0.25, -0.2) is 0 Å². The third kappa shape index (κ3) is 101. The molecule has 0 amide bonds. The summed E-state index contributed by atoms with van der Waals surface area (Å²) in [5, 5.41) is 0. The summed E-state index contributed by atoms with van der Waals surface area (Å²) in [7, 11) is 8.20. The van der Waals surface area contributed by atoms with Gasteiger partial charge in [0.15, 0.2) is 12.6 Å².